The lowest BCUT2D eigenvalue weighted by molar-refractivity contribution is 0.269. The van der Waals surface area contributed by atoms with Crippen LogP contribution in [0.15, 0.2) is 11.4 Å². The van der Waals surface area contributed by atoms with Crippen LogP contribution in [-0.4, -0.2) is 37.0 Å². The first-order chi connectivity index (χ1) is 7.19. The fourth-order valence-corrected chi connectivity index (χ4v) is 3.14. The van der Waals surface area contributed by atoms with Crippen molar-refractivity contribution >= 4 is 34.7 Å². The van der Waals surface area contributed by atoms with E-state index in [0.717, 1.165) is 17.3 Å². The van der Waals surface area contributed by atoms with E-state index in [1.54, 1.807) is 11.3 Å². The van der Waals surface area contributed by atoms with Crippen LogP contribution in [0.25, 0.3) is 0 Å². The van der Waals surface area contributed by atoms with Crippen LogP contribution in [0.5, 0.6) is 0 Å². The second-order valence-electron chi connectivity index (χ2n) is 3.39. The van der Waals surface area contributed by atoms with Gasteiger partial charge >= 0.3 is 0 Å². The van der Waals surface area contributed by atoms with Crippen LogP contribution in [0.2, 0.25) is 5.02 Å². The van der Waals surface area contributed by atoms with Crippen LogP contribution in [0, 0.1) is 0 Å². The summed E-state index contributed by atoms with van der Waals surface area (Å²) in [6, 6.07) is 2.31. The van der Waals surface area contributed by atoms with Gasteiger partial charge in [0.25, 0.3) is 0 Å². The molecule has 0 aliphatic heterocycles. The van der Waals surface area contributed by atoms with Gasteiger partial charge in [0.2, 0.25) is 0 Å². The van der Waals surface area contributed by atoms with Crippen LogP contribution in [0.4, 0.5) is 0 Å². The predicted molar refractivity (Wildman–Crippen MR) is 72.1 cm³/mol. The molecule has 15 heavy (non-hydrogen) atoms. The number of rotatable bonds is 6. The van der Waals surface area contributed by atoms with Gasteiger partial charge in [-0.2, -0.15) is 11.8 Å². The maximum absolute atomic E-state index is 5.92. The van der Waals surface area contributed by atoms with Crippen molar-refractivity contribution in [3.63, 3.8) is 0 Å². The molecule has 0 aliphatic rings. The van der Waals surface area contributed by atoms with Crippen molar-refractivity contribution in [2.24, 2.45) is 5.73 Å². The third kappa shape index (κ3) is 3.96. The van der Waals surface area contributed by atoms with Gasteiger partial charge in [-0.3, -0.25) is 4.90 Å². The quantitative estimate of drug-likeness (QED) is 0.857. The summed E-state index contributed by atoms with van der Waals surface area (Å²) >= 11 is 9.45. The monoisotopic (exact) mass is 264 g/mol. The molecule has 2 N–H and O–H groups in total. The third-order valence-electron chi connectivity index (χ3n) is 2.32. The maximum Gasteiger partial charge on any atom is 0.0562 e. The number of halogens is 1. The second-order valence-corrected chi connectivity index (χ2v) is 5.76. The molecule has 0 spiro atoms. The molecule has 0 radical (unpaired) electrons. The van der Waals surface area contributed by atoms with E-state index in [1.807, 2.05) is 23.2 Å². The first-order valence-electron chi connectivity index (χ1n) is 4.82. The minimum atomic E-state index is 0.301. The number of nitrogens with zero attached hydrogens (tertiary/aromatic N) is 1. The smallest absolute Gasteiger partial charge is 0.0562 e. The Morgan fingerprint density at radius 2 is 2.40 bits per heavy atom. The molecule has 0 fully saturated rings. The summed E-state index contributed by atoms with van der Waals surface area (Å²) in [5, 5.41) is 2.77. The molecule has 0 saturated carbocycles. The van der Waals surface area contributed by atoms with E-state index in [-0.39, 0.29) is 0 Å². The van der Waals surface area contributed by atoms with E-state index in [9.17, 15) is 0 Å². The Balaban J connectivity index is 2.62. The zero-order valence-corrected chi connectivity index (χ0v) is 11.5. The lowest BCUT2D eigenvalue weighted by Crippen LogP contribution is -2.31. The number of likely N-dealkylation sites (N-methyl/N-ethyl adjacent to an activating group) is 1. The maximum atomic E-state index is 5.92. The van der Waals surface area contributed by atoms with Crippen molar-refractivity contribution in [1.29, 1.82) is 0 Å². The molecular formula is C10H17ClN2S2. The Bertz CT molecular complexity index is 291. The van der Waals surface area contributed by atoms with Gasteiger partial charge in [0, 0.05) is 29.1 Å². The van der Waals surface area contributed by atoms with Gasteiger partial charge < -0.3 is 5.73 Å². The van der Waals surface area contributed by atoms with Crippen LogP contribution in [-0.2, 0) is 0 Å². The summed E-state index contributed by atoms with van der Waals surface area (Å²) < 4.78 is 0. The SMILES string of the molecule is CSCCN(C)C(CN)c1cc(Cl)cs1. The molecule has 1 aromatic rings. The summed E-state index contributed by atoms with van der Waals surface area (Å²) in [4.78, 5) is 3.55. The number of hydrogen-bond acceptors (Lipinski definition) is 4. The predicted octanol–water partition coefficient (Wildman–Crippen LogP) is 2.70. The van der Waals surface area contributed by atoms with Gasteiger partial charge in [0.15, 0.2) is 0 Å². The Labute approximate surface area is 105 Å². The lowest BCUT2D eigenvalue weighted by atomic mass is 10.2. The fourth-order valence-electron chi connectivity index (χ4n) is 1.41. The van der Waals surface area contributed by atoms with Gasteiger partial charge in [-0.15, -0.1) is 11.3 Å². The molecule has 1 aromatic heterocycles. The standard InChI is InChI=1S/C10H17ClN2S2/c1-13(3-4-14-2)9(6-12)10-5-8(11)7-15-10/h5,7,9H,3-4,6,12H2,1-2H3. The van der Waals surface area contributed by atoms with Gasteiger partial charge in [-0.25, -0.2) is 0 Å². The molecule has 1 unspecified atom stereocenters. The molecule has 0 aliphatic carbocycles. The van der Waals surface area contributed by atoms with E-state index in [0.29, 0.717) is 12.6 Å². The Morgan fingerprint density at radius 1 is 1.67 bits per heavy atom. The lowest BCUT2D eigenvalue weighted by Gasteiger charge is -2.25. The van der Waals surface area contributed by atoms with E-state index < -0.39 is 0 Å². The molecular weight excluding hydrogens is 248 g/mol. The minimum absolute atomic E-state index is 0.301. The first-order valence-corrected chi connectivity index (χ1v) is 7.47. The molecule has 1 heterocycles. The van der Waals surface area contributed by atoms with Gasteiger partial charge in [-0.1, -0.05) is 11.6 Å². The summed E-state index contributed by atoms with van der Waals surface area (Å²) in [7, 11) is 2.11. The van der Waals surface area contributed by atoms with Crippen LogP contribution < -0.4 is 5.73 Å². The summed E-state index contributed by atoms with van der Waals surface area (Å²) in [5.41, 5.74) is 5.80. The van der Waals surface area contributed by atoms with Crippen molar-refractivity contribution in [2.75, 3.05) is 32.1 Å². The van der Waals surface area contributed by atoms with Crippen molar-refractivity contribution in [3.05, 3.63) is 21.3 Å². The van der Waals surface area contributed by atoms with Gasteiger partial charge in [0.05, 0.1) is 11.1 Å². The van der Waals surface area contributed by atoms with Crippen LogP contribution >= 0.6 is 34.7 Å². The highest BCUT2D eigenvalue weighted by atomic mass is 35.5. The highest BCUT2D eigenvalue weighted by Crippen LogP contribution is 2.27. The van der Waals surface area contributed by atoms with Crippen LogP contribution in [0.1, 0.15) is 10.9 Å². The average molecular weight is 265 g/mol. The minimum Gasteiger partial charge on any atom is -0.329 e. The van der Waals surface area contributed by atoms with Crippen LogP contribution in [0.3, 0.4) is 0 Å². The number of nitrogens with two attached hydrogens (primary N) is 1. The molecule has 0 aromatic carbocycles. The number of hydrogen-bond donors (Lipinski definition) is 1. The van der Waals surface area contributed by atoms with E-state index >= 15 is 0 Å². The zero-order chi connectivity index (χ0) is 11.3. The van der Waals surface area contributed by atoms with Gasteiger partial charge in [0.1, 0.15) is 0 Å². The Morgan fingerprint density at radius 3 is 2.87 bits per heavy atom. The number of thioether (sulfide) groups is 1. The largest absolute Gasteiger partial charge is 0.329 e. The van der Waals surface area contributed by atoms with E-state index in [2.05, 4.69) is 18.2 Å². The topological polar surface area (TPSA) is 29.3 Å². The number of thiophene rings is 1. The molecule has 0 amide bonds. The Hall–Kier alpha value is 0.260. The van der Waals surface area contributed by atoms with Crippen molar-refractivity contribution in [1.82, 2.24) is 4.90 Å². The molecule has 0 saturated heterocycles. The van der Waals surface area contributed by atoms with Gasteiger partial charge in [-0.05, 0) is 19.4 Å². The van der Waals surface area contributed by atoms with Crippen molar-refractivity contribution in [3.8, 4) is 0 Å². The normalized spacial score (nSPS) is 13.4. The fraction of sp³-hybridized carbons (Fsp3) is 0.600. The van der Waals surface area contributed by atoms with Crippen molar-refractivity contribution in [2.45, 2.75) is 6.04 Å². The van der Waals surface area contributed by atoms with Crippen molar-refractivity contribution < 1.29 is 0 Å². The molecule has 1 atom stereocenters. The van der Waals surface area contributed by atoms with E-state index in [1.165, 1.54) is 4.88 Å². The molecule has 5 heteroatoms. The Kier molecular flexibility index (Phi) is 6.00. The highest BCUT2D eigenvalue weighted by molar-refractivity contribution is 7.98. The van der Waals surface area contributed by atoms with E-state index in [4.69, 9.17) is 17.3 Å². The first kappa shape index (κ1) is 13.3. The summed E-state index contributed by atoms with van der Waals surface area (Å²) in [6.07, 6.45) is 2.12. The highest BCUT2D eigenvalue weighted by Gasteiger charge is 2.16. The molecule has 2 nitrogen and oxygen atoms in total. The summed E-state index contributed by atoms with van der Waals surface area (Å²) in [5.74, 6) is 1.13. The third-order valence-corrected chi connectivity index (χ3v) is 4.29. The average Bonchev–Trinajstić information content (AvgIpc) is 2.63. The summed E-state index contributed by atoms with van der Waals surface area (Å²) in [6.45, 7) is 1.69. The second kappa shape index (κ2) is 6.76. The molecule has 1 rings (SSSR count). The molecule has 86 valence electrons. The molecule has 0 bridgehead atoms. The zero-order valence-electron chi connectivity index (χ0n) is 9.07.